The van der Waals surface area contributed by atoms with Gasteiger partial charge < -0.3 is 4.74 Å². The second-order valence-corrected chi connectivity index (χ2v) is 8.21. The number of thiazole rings is 1. The molecule has 0 atom stereocenters. The molecule has 4 rings (SSSR count). The topological polar surface area (TPSA) is 90.2 Å². The summed E-state index contributed by atoms with van der Waals surface area (Å²) in [7, 11) is 1.81. The van der Waals surface area contributed by atoms with Gasteiger partial charge in [0.2, 0.25) is 5.91 Å². The van der Waals surface area contributed by atoms with Crippen molar-refractivity contribution in [2.24, 2.45) is 7.05 Å². The van der Waals surface area contributed by atoms with Gasteiger partial charge in [0, 0.05) is 30.9 Å². The van der Waals surface area contributed by atoms with Crippen molar-refractivity contribution in [1.29, 1.82) is 0 Å². The predicted octanol–water partition coefficient (Wildman–Crippen LogP) is 4.34. The molecule has 0 radical (unpaired) electrons. The summed E-state index contributed by atoms with van der Waals surface area (Å²) in [6, 6.07) is 9.54. The molecule has 9 heteroatoms. The number of aryl methyl sites for hydroxylation is 3. The first-order valence-electron chi connectivity index (χ1n) is 10.2. The molecule has 1 aromatic carbocycles. The predicted molar refractivity (Wildman–Crippen MR) is 123 cm³/mol. The summed E-state index contributed by atoms with van der Waals surface area (Å²) in [4.78, 5) is 35.2. The van der Waals surface area contributed by atoms with E-state index in [1.165, 1.54) is 30.0 Å². The minimum absolute atomic E-state index is 0.0000897. The Kier molecular flexibility index (Phi) is 6.00. The number of carbonyl (C=O) groups excluding carboxylic acids is 2. The molecule has 0 saturated heterocycles. The summed E-state index contributed by atoms with van der Waals surface area (Å²) in [5, 5.41) is 7.44. The number of benzene rings is 1. The van der Waals surface area contributed by atoms with Gasteiger partial charge in [0.15, 0.2) is 10.8 Å². The number of hydrogen-bond donors (Lipinski definition) is 0. The molecule has 0 spiro atoms. The number of rotatable bonds is 6. The molecule has 164 valence electrons. The second kappa shape index (κ2) is 8.88. The number of carbonyl (C=O) groups is 2. The fourth-order valence-electron chi connectivity index (χ4n) is 3.42. The van der Waals surface area contributed by atoms with Crippen LogP contribution in [0.1, 0.15) is 41.2 Å². The third-order valence-corrected chi connectivity index (χ3v) is 5.97. The maximum Gasteiger partial charge on any atom is 0.340 e. The number of ether oxygens (including phenoxy) is 1. The molecule has 0 aliphatic carbocycles. The van der Waals surface area contributed by atoms with Crippen molar-refractivity contribution < 1.29 is 14.3 Å². The van der Waals surface area contributed by atoms with Crippen molar-refractivity contribution in [1.82, 2.24) is 19.7 Å². The average molecular weight is 450 g/mol. The van der Waals surface area contributed by atoms with Gasteiger partial charge >= 0.3 is 5.97 Å². The highest BCUT2D eigenvalue weighted by Gasteiger charge is 2.19. The van der Waals surface area contributed by atoms with Gasteiger partial charge in [0.25, 0.3) is 0 Å². The number of anilines is 2. The highest BCUT2D eigenvalue weighted by molar-refractivity contribution is 7.14. The summed E-state index contributed by atoms with van der Waals surface area (Å²) in [6.07, 6.45) is 2.41. The van der Waals surface area contributed by atoms with Crippen molar-refractivity contribution in [3.63, 3.8) is 0 Å². The van der Waals surface area contributed by atoms with E-state index in [2.05, 4.69) is 22.0 Å². The highest BCUT2D eigenvalue weighted by Crippen LogP contribution is 2.29. The van der Waals surface area contributed by atoms with Gasteiger partial charge in [-0.15, -0.1) is 11.3 Å². The van der Waals surface area contributed by atoms with Crippen LogP contribution in [0.5, 0.6) is 0 Å². The van der Waals surface area contributed by atoms with Gasteiger partial charge in [-0.2, -0.15) is 5.10 Å². The van der Waals surface area contributed by atoms with Crippen LogP contribution in [-0.4, -0.2) is 31.6 Å². The Morgan fingerprint density at radius 2 is 1.97 bits per heavy atom. The Morgan fingerprint density at radius 1 is 1.22 bits per heavy atom. The van der Waals surface area contributed by atoms with Crippen LogP contribution in [0.4, 0.5) is 10.8 Å². The molecule has 0 aliphatic heterocycles. The lowest BCUT2D eigenvalue weighted by Crippen LogP contribution is -2.22. The van der Waals surface area contributed by atoms with Crippen LogP contribution in [-0.2, 0) is 29.6 Å². The lowest BCUT2D eigenvalue weighted by Gasteiger charge is -2.18. The van der Waals surface area contributed by atoms with Gasteiger partial charge in [0.05, 0.1) is 22.6 Å². The summed E-state index contributed by atoms with van der Waals surface area (Å²) in [5.74, 6) is -0.630. The molecule has 4 aromatic rings. The molecule has 0 unspecified atom stereocenters. The molecule has 0 aliphatic rings. The molecule has 8 nitrogen and oxygen atoms in total. The SMILES string of the molecule is CCc1ccc(N(C(C)=O)c2nc(COC(=O)c3cnc4c(c3)c(C)nn4C)cs2)cc1. The number of fused-ring (bicyclic) bond motifs is 1. The first-order valence-corrected chi connectivity index (χ1v) is 11.1. The van der Waals surface area contributed by atoms with E-state index in [1.54, 1.807) is 21.0 Å². The number of esters is 1. The Bertz CT molecular complexity index is 1290. The molecule has 3 heterocycles. The number of hydrogen-bond acceptors (Lipinski definition) is 7. The van der Waals surface area contributed by atoms with E-state index in [-0.39, 0.29) is 12.5 Å². The summed E-state index contributed by atoms with van der Waals surface area (Å²) >= 11 is 1.32. The first-order chi connectivity index (χ1) is 15.4. The van der Waals surface area contributed by atoms with E-state index in [9.17, 15) is 9.59 Å². The van der Waals surface area contributed by atoms with Crippen LogP contribution >= 0.6 is 11.3 Å². The van der Waals surface area contributed by atoms with E-state index in [0.29, 0.717) is 22.0 Å². The zero-order chi connectivity index (χ0) is 22.8. The maximum absolute atomic E-state index is 12.5. The van der Waals surface area contributed by atoms with E-state index in [4.69, 9.17) is 4.74 Å². The minimum atomic E-state index is -0.490. The van der Waals surface area contributed by atoms with Crippen LogP contribution in [0.3, 0.4) is 0 Å². The number of nitrogens with zero attached hydrogens (tertiary/aromatic N) is 5. The van der Waals surface area contributed by atoms with E-state index < -0.39 is 5.97 Å². The molecule has 32 heavy (non-hydrogen) atoms. The van der Waals surface area contributed by atoms with Crippen molar-refractivity contribution in [2.45, 2.75) is 33.8 Å². The molecular weight excluding hydrogens is 426 g/mol. The molecule has 0 N–H and O–H groups in total. The summed E-state index contributed by atoms with van der Waals surface area (Å²) in [6.45, 7) is 5.45. The second-order valence-electron chi connectivity index (χ2n) is 7.38. The zero-order valence-corrected chi connectivity index (χ0v) is 19.1. The smallest absolute Gasteiger partial charge is 0.340 e. The van der Waals surface area contributed by atoms with Gasteiger partial charge in [0.1, 0.15) is 6.61 Å². The quantitative estimate of drug-likeness (QED) is 0.407. The van der Waals surface area contributed by atoms with Gasteiger partial charge in [-0.3, -0.25) is 14.4 Å². The Labute approximate surface area is 189 Å². The van der Waals surface area contributed by atoms with E-state index in [0.717, 1.165) is 23.2 Å². The number of aromatic nitrogens is 4. The minimum Gasteiger partial charge on any atom is -0.456 e. The lowest BCUT2D eigenvalue weighted by atomic mass is 10.1. The Hall–Kier alpha value is -3.59. The van der Waals surface area contributed by atoms with Crippen molar-refractivity contribution in [3.05, 3.63) is 64.4 Å². The van der Waals surface area contributed by atoms with Crippen molar-refractivity contribution >= 4 is 45.1 Å². The van der Waals surface area contributed by atoms with Crippen LogP contribution in [0.2, 0.25) is 0 Å². The van der Waals surface area contributed by atoms with E-state index in [1.807, 2.05) is 38.2 Å². The summed E-state index contributed by atoms with van der Waals surface area (Å²) in [5.41, 5.74) is 4.37. The average Bonchev–Trinajstić information content (AvgIpc) is 3.36. The maximum atomic E-state index is 12.5. The van der Waals surface area contributed by atoms with Gasteiger partial charge in [-0.1, -0.05) is 19.1 Å². The molecular formula is C23H23N5O3S. The first kappa shape index (κ1) is 21.6. The third-order valence-electron chi connectivity index (χ3n) is 5.10. The van der Waals surface area contributed by atoms with Gasteiger partial charge in [-0.05, 0) is 37.1 Å². The lowest BCUT2D eigenvalue weighted by molar-refractivity contribution is -0.115. The molecule has 0 saturated carbocycles. The van der Waals surface area contributed by atoms with Crippen LogP contribution in [0.15, 0.2) is 41.9 Å². The molecule has 1 amide bonds. The molecule has 0 bridgehead atoms. The van der Waals surface area contributed by atoms with Crippen LogP contribution in [0, 0.1) is 6.92 Å². The van der Waals surface area contributed by atoms with Crippen molar-refractivity contribution in [2.75, 3.05) is 4.90 Å². The third kappa shape index (κ3) is 4.24. The van der Waals surface area contributed by atoms with Gasteiger partial charge in [-0.25, -0.2) is 14.8 Å². The molecule has 0 fully saturated rings. The Morgan fingerprint density at radius 3 is 2.66 bits per heavy atom. The Balaban J connectivity index is 1.48. The number of amides is 1. The zero-order valence-electron chi connectivity index (χ0n) is 18.3. The fraction of sp³-hybridized carbons (Fsp3) is 0.261. The van der Waals surface area contributed by atoms with E-state index >= 15 is 0 Å². The van der Waals surface area contributed by atoms with Crippen molar-refractivity contribution in [3.8, 4) is 0 Å². The summed E-state index contributed by atoms with van der Waals surface area (Å²) < 4.78 is 7.11. The largest absolute Gasteiger partial charge is 0.456 e. The monoisotopic (exact) mass is 449 g/mol. The number of pyridine rings is 1. The standard InChI is InChI=1S/C23H23N5O3S/c1-5-16-6-8-19(9-7-16)28(15(3)29)23-25-18(13-32-23)12-31-22(30)17-10-20-14(2)26-27(4)21(20)24-11-17/h6-11,13H,5,12H2,1-4H3. The highest BCUT2D eigenvalue weighted by atomic mass is 32.1. The molecule has 3 aromatic heterocycles. The fourth-order valence-corrected chi connectivity index (χ4v) is 4.29. The normalized spacial score (nSPS) is 11.0. The van der Waals surface area contributed by atoms with Crippen LogP contribution in [0.25, 0.3) is 11.0 Å². The van der Waals surface area contributed by atoms with Crippen LogP contribution < -0.4 is 4.90 Å².